The molecule has 1 saturated heterocycles. The zero-order valence-electron chi connectivity index (χ0n) is 12.1. The zero-order valence-corrected chi connectivity index (χ0v) is 12.9. The van der Waals surface area contributed by atoms with E-state index in [2.05, 4.69) is 15.1 Å². The number of halogens is 3. The van der Waals surface area contributed by atoms with Crippen LogP contribution in [0.25, 0.3) is 5.78 Å². The van der Waals surface area contributed by atoms with Gasteiger partial charge in [0.15, 0.2) is 0 Å². The molecule has 0 spiro atoms. The van der Waals surface area contributed by atoms with Gasteiger partial charge in [-0.05, 0) is 32.8 Å². The Morgan fingerprint density at radius 2 is 2.14 bits per heavy atom. The van der Waals surface area contributed by atoms with E-state index in [4.69, 9.17) is 4.74 Å². The van der Waals surface area contributed by atoms with Gasteiger partial charge in [-0.25, -0.2) is 9.50 Å². The number of alkyl halides is 3. The van der Waals surface area contributed by atoms with E-state index >= 15 is 0 Å². The summed E-state index contributed by atoms with van der Waals surface area (Å²) >= 11 is 0.600. The quantitative estimate of drug-likeness (QED) is 0.809. The monoisotopic (exact) mass is 332 g/mol. The van der Waals surface area contributed by atoms with Crippen molar-refractivity contribution in [2.24, 2.45) is 0 Å². The fraction of sp³-hybridized carbons (Fsp3) is 0.615. The Balaban J connectivity index is 1.91. The van der Waals surface area contributed by atoms with Crippen LogP contribution in [0.4, 0.5) is 13.2 Å². The highest BCUT2D eigenvalue weighted by Crippen LogP contribution is 2.39. The molecular formula is C13H15F3N4OS. The third kappa shape index (κ3) is 3.05. The standard InChI is InChI=1S/C13H15F3N4OS/c1-7-6-8(2)20-11(17-7)18-12(19-20)22-10(13(14,15)16)9-4-3-5-21-9/h6,9-10H,3-5H2,1-2H3/t9-,10-/m0/s1. The summed E-state index contributed by atoms with van der Waals surface area (Å²) in [7, 11) is 0. The number of thioether (sulfide) groups is 1. The van der Waals surface area contributed by atoms with E-state index in [-0.39, 0.29) is 5.16 Å². The lowest BCUT2D eigenvalue weighted by atomic mass is 10.2. The van der Waals surface area contributed by atoms with Crippen LogP contribution in [0.3, 0.4) is 0 Å². The average Bonchev–Trinajstić information content (AvgIpc) is 3.02. The Morgan fingerprint density at radius 1 is 1.36 bits per heavy atom. The molecule has 0 radical (unpaired) electrons. The molecule has 0 N–H and O–H groups in total. The van der Waals surface area contributed by atoms with E-state index in [1.54, 1.807) is 13.0 Å². The first-order valence-electron chi connectivity index (χ1n) is 6.90. The van der Waals surface area contributed by atoms with Gasteiger partial charge >= 0.3 is 6.18 Å². The lowest BCUT2D eigenvalue weighted by Crippen LogP contribution is -2.36. The molecule has 1 aliphatic heterocycles. The second-order valence-electron chi connectivity index (χ2n) is 5.28. The van der Waals surface area contributed by atoms with Crippen LogP contribution in [-0.4, -0.2) is 43.7 Å². The summed E-state index contributed by atoms with van der Waals surface area (Å²) in [5.74, 6) is 0.313. The molecule has 0 bridgehead atoms. The third-order valence-electron chi connectivity index (χ3n) is 3.46. The minimum Gasteiger partial charge on any atom is -0.377 e. The van der Waals surface area contributed by atoms with Gasteiger partial charge in [0.2, 0.25) is 5.16 Å². The molecule has 5 nitrogen and oxygen atoms in total. The maximum atomic E-state index is 13.3. The first-order valence-corrected chi connectivity index (χ1v) is 7.78. The van der Waals surface area contributed by atoms with Gasteiger partial charge in [-0.15, -0.1) is 5.10 Å². The summed E-state index contributed by atoms with van der Waals surface area (Å²) in [4.78, 5) is 8.29. The van der Waals surface area contributed by atoms with Crippen molar-refractivity contribution in [2.75, 3.05) is 6.61 Å². The minimum atomic E-state index is -4.37. The van der Waals surface area contributed by atoms with Crippen molar-refractivity contribution in [1.82, 2.24) is 19.6 Å². The molecule has 0 unspecified atom stereocenters. The highest BCUT2D eigenvalue weighted by atomic mass is 32.2. The zero-order chi connectivity index (χ0) is 15.9. The van der Waals surface area contributed by atoms with Gasteiger partial charge in [0.1, 0.15) is 5.25 Å². The molecule has 3 rings (SSSR count). The number of rotatable bonds is 3. The van der Waals surface area contributed by atoms with Crippen molar-refractivity contribution in [3.05, 3.63) is 17.5 Å². The van der Waals surface area contributed by atoms with E-state index in [9.17, 15) is 13.2 Å². The van der Waals surface area contributed by atoms with Gasteiger partial charge in [0.05, 0.1) is 6.10 Å². The van der Waals surface area contributed by atoms with E-state index < -0.39 is 17.5 Å². The summed E-state index contributed by atoms with van der Waals surface area (Å²) in [5, 5.41) is 2.54. The van der Waals surface area contributed by atoms with Gasteiger partial charge in [-0.3, -0.25) is 0 Å². The minimum absolute atomic E-state index is 0.0685. The topological polar surface area (TPSA) is 52.3 Å². The predicted molar refractivity (Wildman–Crippen MR) is 74.9 cm³/mol. The van der Waals surface area contributed by atoms with Gasteiger partial charge < -0.3 is 4.74 Å². The summed E-state index contributed by atoms with van der Waals surface area (Å²) in [6.45, 7) is 3.99. The molecule has 22 heavy (non-hydrogen) atoms. The second kappa shape index (κ2) is 5.69. The molecule has 1 aliphatic rings. The number of hydrogen-bond acceptors (Lipinski definition) is 5. The van der Waals surface area contributed by atoms with Crippen LogP contribution in [0.5, 0.6) is 0 Å². The molecule has 0 saturated carbocycles. The van der Waals surface area contributed by atoms with Crippen LogP contribution in [0.1, 0.15) is 24.2 Å². The largest absolute Gasteiger partial charge is 0.403 e. The third-order valence-corrected chi connectivity index (χ3v) is 4.66. The predicted octanol–water partition coefficient (Wildman–Crippen LogP) is 2.94. The normalized spacial score (nSPS) is 20.7. The van der Waals surface area contributed by atoms with E-state index in [0.717, 1.165) is 11.4 Å². The summed E-state index contributed by atoms with van der Waals surface area (Å²) in [5.41, 5.74) is 1.53. The fourth-order valence-corrected chi connectivity index (χ4v) is 3.50. The molecule has 9 heteroatoms. The molecule has 2 aromatic rings. The molecule has 120 valence electrons. The summed E-state index contributed by atoms with van der Waals surface area (Å²) in [6, 6.07) is 1.80. The maximum absolute atomic E-state index is 13.3. The van der Waals surface area contributed by atoms with Gasteiger partial charge in [-0.2, -0.15) is 18.2 Å². The molecular weight excluding hydrogens is 317 g/mol. The average molecular weight is 332 g/mol. The lowest BCUT2D eigenvalue weighted by Gasteiger charge is -2.23. The molecule has 2 atom stereocenters. The number of aryl methyl sites for hydroxylation is 2. The molecule has 0 amide bonds. The van der Waals surface area contributed by atoms with Gasteiger partial charge in [-0.1, -0.05) is 11.8 Å². The van der Waals surface area contributed by atoms with Gasteiger partial charge in [0.25, 0.3) is 5.78 Å². The molecule has 0 aliphatic carbocycles. The van der Waals surface area contributed by atoms with Crippen LogP contribution < -0.4 is 0 Å². The molecule has 3 heterocycles. The molecule has 0 aromatic carbocycles. The summed E-state index contributed by atoms with van der Waals surface area (Å²) < 4.78 is 46.5. The SMILES string of the molecule is Cc1cc(C)n2nc(S[C@@H]([C@@H]3CCCO3)C(F)(F)F)nc2n1. The van der Waals surface area contributed by atoms with Crippen molar-refractivity contribution in [2.45, 2.75) is 49.4 Å². The Hall–Kier alpha value is -1.35. The highest BCUT2D eigenvalue weighted by Gasteiger charge is 2.47. The Labute approximate surface area is 129 Å². The van der Waals surface area contributed by atoms with Crippen molar-refractivity contribution < 1.29 is 17.9 Å². The van der Waals surface area contributed by atoms with Crippen molar-refractivity contribution >= 4 is 17.5 Å². The van der Waals surface area contributed by atoms with Crippen molar-refractivity contribution in [3.63, 3.8) is 0 Å². The Bertz CT molecular complexity index is 682. The maximum Gasteiger partial charge on any atom is 0.403 e. The fourth-order valence-electron chi connectivity index (χ4n) is 2.51. The van der Waals surface area contributed by atoms with E-state index in [1.807, 2.05) is 6.92 Å². The van der Waals surface area contributed by atoms with Crippen molar-refractivity contribution in [3.8, 4) is 0 Å². The first kappa shape index (κ1) is 15.5. The number of hydrogen-bond donors (Lipinski definition) is 0. The second-order valence-corrected chi connectivity index (χ2v) is 6.39. The van der Waals surface area contributed by atoms with Crippen LogP contribution in [0.15, 0.2) is 11.2 Å². The summed E-state index contributed by atoms with van der Waals surface area (Å²) in [6.07, 6.45) is -4.15. The number of fused-ring (bicyclic) bond motifs is 1. The van der Waals surface area contributed by atoms with Crippen LogP contribution in [0, 0.1) is 13.8 Å². The number of nitrogens with zero attached hydrogens (tertiary/aromatic N) is 4. The van der Waals surface area contributed by atoms with E-state index in [0.29, 0.717) is 37.0 Å². The Morgan fingerprint density at radius 3 is 2.77 bits per heavy atom. The smallest absolute Gasteiger partial charge is 0.377 e. The number of ether oxygens (including phenoxy) is 1. The van der Waals surface area contributed by atoms with Crippen LogP contribution in [0.2, 0.25) is 0 Å². The molecule has 2 aromatic heterocycles. The Kier molecular flexibility index (Phi) is 4.02. The van der Waals surface area contributed by atoms with Gasteiger partial charge in [0, 0.05) is 18.0 Å². The first-order chi connectivity index (χ1) is 10.3. The molecule has 1 fully saturated rings. The van der Waals surface area contributed by atoms with Crippen molar-refractivity contribution in [1.29, 1.82) is 0 Å². The van der Waals surface area contributed by atoms with Crippen LogP contribution in [-0.2, 0) is 4.74 Å². The van der Waals surface area contributed by atoms with Crippen LogP contribution >= 0.6 is 11.8 Å². The number of aromatic nitrogens is 4. The van der Waals surface area contributed by atoms with E-state index in [1.165, 1.54) is 4.52 Å². The lowest BCUT2D eigenvalue weighted by molar-refractivity contribution is -0.148. The highest BCUT2D eigenvalue weighted by molar-refractivity contribution is 7.99.